The number of epoxide rings is 1. The molecule has 0 bridgehead atoms. The third kappa shape index (κ3) is 2.77. The summed E-state index contributed by atoms with van der Waals surface area (Å²) in [6, 6.07) is -0.163. The predicted octanol–water partition coefficient (Wildman–Crippen LogP) is 3.99. The highest BCUT2D eigenvalue weighted by atomic mass is 16.6. The van der Waals surface area contributed by atoms with Crippen LogP contribution in [0.25, 0.3) is 0 Å². The van der Waals surface area contributed by atoms with Crippen molar-refractivity contribution >= 4 is 5.97 Å². The number of hydrogen-bond donors (Lipinski definition) is 2. The molecule has 162 valence electrons. The fourth-order valence-corrected chi connectivity index (χ4v) is 8.68. The number of aliphatic hydroxyl groups is 1. The third-order valence-corrected chi connectivity index (χ3v) is 10.1. The van der Waals surface area contributed by atoms with Gasteiger partial charge in [0.25, 0.3) is 0 Å². The molecule has 5 fully saturated rings. The molecule has 1 heterocycles. The van der Waals surface area contributed by atoms with E-state index >= 15 is 0 Å². The van der Waals surface area contributed by atoms with E-state index < -0.39 is 5.97 Å². The molecular weight excluding hydrogens is 370 g/mol. The van der Waals surface area contributed by atoms with Crippen molar-refractivity contribution in [2.24, 2.45) is 46.1 Å². The number of carbonyl (C=O) groups is 1. The second-order valence-corrected chi connectivity index (χ2v) is 11.1. The summed E-state index contributed by atoms with van der Waals surface area (Å²) in [5, 5.41) is 23.0. The van der Waals surface area contributed by atoms with Gasteiger partial charge in [0.2, 0.25) is 0 Å². The van der Waals surface area contributed by atoms with Crippen LogP contribution in [0.4, 0.5) is 0 Å². The summed E-state index contributed by atoms with van der Waals surface area (Å²) in [4.78, 5) is 23.0. The highest BCUT2D eigenvalue weighted by molar-refractivity contribution is 5.66. The van der Waals surface area contributed by atoms with E-state index in [1.807, 2.05) is 0 Å². The zero-order chi connectivity index (χ0) is 20.6. The molecule has 2 N–H and O–H groups in total. The Labute approximate surface area is 172 Å². The lowest BCUT2D eigenvalue weighted by atomic mass is 9.45. The Morgan fingerprint density at radius 3 is 2.72 bits per heavy atom. The van der Waals surface area contributed by atoms with Crippen LogP contribution in [0.5, 0.6) is 0 Å². The minimum atomic E-state index is -0.725. The number of rotatable bonds is 5. The second kappa shape index (κ2) is 6.74. The van der Waals surface area contributed by atoms with Crippen molar-refractivity contribution in [1.29, 1.82) is 0 Å². The molecule has 1 spiro atoms. The monoisotopic (exact) mass is 405 g/mol. The minimum absolute atomic E-state index is 0.126. The van der Waals surface area contributed by atoms with E-state index in [4.69, 9.17) is 9.84 Å². The molecule has 5 rings (SSSR count). The number of ether oxygens (including phenoxy) is 1. The molecule has 0 radical (unpaired) electrons. The summed E-state index contributed by atoms with van der Waals surface area (Å²) in [5.41, 5.74) is 0.0512. The lowest BCUT2D eigenvalue weighted by molar-refractivity contribution is -0.137. The van der Waals surface area contributed by atoms with Crippen LogP contribution >= 0.6 is 0 Å². The molecular formula is C23H35NO5. The van der Waals surface area contributed by atoms with Crippen molar-refractivity contribution in [1.82, 2.24) is 0 Å². The maximum atomic E-state index is 12.0. The van der Waals surface area contributed by atoms with Crippen molar-refractivity contribution in [3.8, 4) is 0 Å². The Morgan fingerprint density at radius 2 is 2.00 bits per heavy atom. The van der Waals surface area contributed by atoms with Gasteiger partial charge in [-0.25, -0.2) is 0 Å². The van der Waals surface area contributed by atoms with Crippen molar-refractivity contribution in [2.45, 2.75) is 95.5 Å². The number of nitrogens with zero attached hydrogens (tertiary/aromatic N) is 1. The first-order valence-electron chi connectivity index (χ1n) is 11.7. The van der Waals surface area contributed by atoms with Crippen LogP contribution in [-0.4, -0.2) is 40.0 Å². The molecule has 1 aliphatic heterocycles. The zero-order valence-electron chi connectivity index (χ0n) is 17.6. The van der Waals surface area contributed by atoms with Gasteiger partial charge in [0.15, 0.2) is 0 Å². The van der Waals surface area contributed by atoms with E-state index in [1.165, 1.54) is 0 Å². The highest BCUT2D eigenvalue weighted by Gasteiger charge is 2.76. The Morgan fingerprint density at radius 1 is 1.21 bits per heavy atom. The van der Waals surface area contributed by atoms with Gasteiger partial charge in [-0.15, -0.1) is 0 Å². The molecule has 0 aromatic carbocycles. The van der Waals surface area contributed by atoms with E-state index in [2.05, 4.69) is 19.0 Å². The largest absolute Gasteiger partial charge is 0.481 e. The van der Waals surface area contributed by atoms with Gasteiger partial charge in [-0.05, 0) is 92.3 Å². The van der Waals surface area contributed by atoms with Crippen LogP contribution in [-0.2, 0) is 9.53 Å². The van der Waals surface area contributed by atoms with E-state index in [0.717, 1.165) is 44.9 Å². The summed E-state index contributed by atoms with van der Waals surface area (Å²) < 4.78 is 6.52. The van der Waals surface area contributed by atoms with Crippen LogP contribution in [0.1, 0.15) is 71.6 Å². The Balaban J connectivity index is 1.42. The highest BCUT2D eigenvalue weighted by Crippen LogP contribution is 2.72. The molecule has 0 aromatic rings. The maximum absolute atomic E-state index is 12.0. The van der Waals surface area contributed by atoms with Crippen molar-refractivity contribution in [3.63, 3.8) is 0 Å². The summed E-state index contributed by atoms with van der Waals surface area (Å²) in [7, 11) is 0. The fourth-order valence-electron chi connectivity index (χ4n) is 8.68. The minimum Gasteiger partial charge on any atom is -0.481 e. The molecule has 4 saturated carbocycles. The van der Waals surface area contributed by atoms with Gasteiger partial charge in [0, 0.05) is 6.42 Å². The Kier molecular flexibility index (Phi) is 4.63. The van der Waals surface area contributed by atoms with Gasteiger partial charge >= 0.3 is 5.97 Å². The average molecular weight is 406 g/mol. The lowest BCUT2D eigenvalue weighted by Crippen LogP contribution is -2.58. The number of aliphatic carboxylic acids is 1. The quantitative estimate of drug-likeness (QED) is 0.532. The van der Waals surface area contributed by atoms with Gasteiger partial charge in [0.1, 0.15) is 5.60 Å². The molecule has 11 atom stereocenters. The number of fused-ring (bicyclic) bond motifs is 4. The molecule has 11 unspecified atom stereocenters. The fraction of sp³-hybridized carbons (Fsp3) is 0.957. The molecule has 5 aliphatic rings. The maximum Gasteiger partial charge on any atom is 0.303 e. The summed E-state index contributed by atoms with van der Waals surface area (Å²) in [6.45, 7) is 4.59. The second-order valence-electron chi connectivity index (χ2n) is 11.1. The molecule has 0 amide bonds. The SMILES string of the molecule is CC(CCC(=O)O)C1CCC2C3C(N=O)CC4CC(O)CCC4(C)C3CC3OC312. The van der Waals surface area contributed by atoms with Crippen molar-refractivity contribution < 1.29 is 19.7 Å². The van der Waals surface area contributed by atoms with E-state index in [1.54, 1.807) is 0 Å². The van der Waals surface area contributed by atoms with Crippen LogP contribution in [0, 0.1) is 45.8 Å². The van der Waals surface area contributed by atoms with Gasteiger partial charge in [-0.2, -0.15) is 4.91 Å². The van der Waals surface area contributed by atoms with Gasteiger partial charge in [-0.1, -0.05) is 19.0 Å². The molecule has 4 aliphatic carbocycles. The first-order valence-corrected chi connectivity index (χ1v) is 11.7. The topological polar surface area (TPSA) is 99.5 Å². The van der Waals surface area contributed by atoms with Crippen LogP contribution in [0.15, 0.2) is 5.18 Å². The molecule has 6 heteroatoms. The number of carboxylic acid groups (broad SMARTS) is 1. The number of carboxylic acids is 1. The van der Waals surface area contributed by atoms with E-state index in [0.29, 0.717) is 41.9 Å². The van der Waals surface area contributed by atoms with Gasteiger partial charge < -0.3 is 14.9 Å². The van der Waals surface area contributed by atoms with Crippen molar-refractivity contribution in [2.75, 3.05) is 0 Å². The Hall–Kier alpha value is -1.01. The summed E-state index contributed by atoms with van der Waals surface area (Å²) in [6.07, 6.45) is 7.65. The first-order chi connectivity index (χ1) is 13.8. The molecule has 6 nitrogen and oxygen atoms in total. The number of aliphatic hydroxyl groups excluding tert-OH is 1. The van der Waals surface area contributed by atoms with E-state index in [9.17, 15) is 14.8 Å². The standard InChI is InChI=1S/C23H35NO5/c1-12(3-6-20(26)27)15-4-5-16-21-17(11-19-23(15,16)29-19)22(2)8-7-14(25)9-13(22)10-18(21)24-28/h12-19,21,25H,3-11H2,1-2H3,(H,26,27). The Bertz CT molecular complexity index is 699. The van der Waals surface area contributed by atoms with Gasteiger partial charge in [-0.3, -0.25) is 4.79 Å². The van der Waals surface area contributed by atoms with Crippen LogP contribution < -0.4 is 0 Å². The number of hydrogen-bond acceptors (Lipinski definition) is 5. The average Bonchev–Trinajstić information content (AvgIpc) is 3.28. The first kappa shape index (κ1) is 19.9. The number of nitroso groups, excluding NO2 is 1. The molecule has 1 saturated heterocycles. The lowest BCUT2D eigenvalue weighted by Gasteiger charge is -2.59. The third-order valence-electron chi connectivity index (χ3n) is 10.1. The zero-order valence-corrected chi connectivity index (χ0v) is 17.6. The summed E-state index contributed by atoms with van der Waals surface area (Å²) >= 11 is 0. The molecule has 29 heavy (non-hydrogen) atoms. The normalized spacial score (nSPS) is 53.8. The van der Waals surface area contributed by atoms with Crippen molar-refractivity contribution in [3.05, 3.63) is 4.91 Å². The van der Waals surface area contributed by atoms with Gasteiger partial charge in [0.05, 0.1) is 18.2 Å². The van der Waals surface area contributed by atoms with E-state index in [-0.39, 0.29) is 35.7 Å². The molecule has 0 aromatic heterocycles. The van der Waals surface area contributed by atoms with Crippen LogP contribution in [0.3, 0.4) is 0 Å². The summed E-state index contributed by atoms with van der Waals surface area (Å²) in [5.74, 6) is 1.52. The predicted molar refractivity (Wildman–Crippen MR) is 107 cm³/mol. The van der Waals surface area contributed by atoms with Crippen LogP contribution in [0.2, 0.25) is 0 Å². The smallest absolute Gasteiger partial charge is 0.303 e.